The molecule has 33 heavy (non-hydrogen) atoms. The van der Waals surface area contributed by atoms with E-state index in [1.165, 1.54) is 12.1 Å². The fourth-order valence-corrected chi connectivity index (χ4v) is 4.83. The van der Waals surface area contributed by atoms with Gasteiger partial charge in [0.25, 0.3) is 0 Å². The Balaban J connectivity index is 1.58. The molecular weight excluding hydrogens is 457 g/mol. The van der Waals surface area contributed by atoms with Gasteiger partial charge in [-0.05, 0) is 36.2 Å². The van der Waals surface area contributed by atoms with Crippen molar-refractivity contribution in [2.24, 2.45) is 5.92 Å². The van der Waals surface area contributed by atoms with Crippen LogP contribution in [-0.4, -0.2) is 37.0 Å². The van der Waals surface area contributed by atoms with Crippen molar-refractivity contribution in [3.63, 3.8) is 0 Å². The number of para-hydroxylation sites is 1. The van der Waals surface area contributed by atoms with Crippen molar-refractivity contribution in [2.45, 2.75) is 18.7 Å². The summed E-state index contributed by atoms with van der Waals surface area (Å²) in [6.07, 6.45) is -3.42. The molecule has 0 aliphatic carbocycles. The third-order valence-electron chi connectivity index (χ3n) is 5.29. The summed E-state index contributed by atoms with van der Waals surface area (Å²) in [5.74, 6) is -1.74. The molecule has 0 amide bonds. The number of aromatic nitrogens is 1. The van der Waals surface area contributed by atoms with Gasteiger partial charge in [0.2, 0.25) is 10.0 Å². The molecule has 0 radical (unpaired) electrons. The van der Waals surface area contributed by atoms with Gasteiger partial charge in [-0.3, -0.25) is 9.71 Å². The number of hydrogen-bond donors (Lipinski definition) is 2. The maximum atomic E-state index is 12.6. The summed E-state index contributed by atoms with van der Waals surface area (Å²) >= 11 is 0. The number of pyridine rings is 1. The lowest BCUT2D eigenvalue weighted by molar-refractivity contribution is -0.106. The van der Waals surface area contributed by atoms with Gasteiger partial charge in [0.15, 0.2) is 5.75 Å². The average molecular weight is 478 g/mol. The lowest BCUT2D eigenvalue weighted by Gasteiger charge is -2.30. The first kappa shape index (κ1) is 23.1. The molecule has 0 saturated heterocycles. The third kappa shape index (κ3) is 5.63. The van der Waals surface area contributed by atoms with E-state index in [1.807, 2.05) is 22.9 Å². The second kappa shape index (κ2) is 9.03. The predicted octanol–water partition coefficient (Wildman–Crippen LogP) is 4.34. The van der Waals surface area contributed by atoms with Crippen molar-refractivity contribution in [2.75, 3.05) is 17.1 Å². The maximum absolute atomic E-state index is 12.6. The Labute approximate surface area is 189 Å². The van der Waals surface area contributed by atoms with Crippen LogP contribution in [-0.2, 0) is 16.4 Å². The standard InChI is InChI=1S/C23H21F3N2O4S/c24-23(25,26)14-33(30,31)28-20-7-2-1-6-18(20)15-8-9-19-21(12-15)32-13-16(22(19)29)11-17-5-3-4-10-27-17/h1-10,12,16,22,28-29H,11,13-14H2/t16-,22+/m1/s1. The highest BCUT2D eigenvalue weighted by Crippen LogP contribution is 2.40. The van der Waals surface area contributed by atoms with Crippen molar-refractivity contribution in [3.05, 3.63) is 78.1 Å². The molecule has 2 N–H and O–H groups in total. The quantitative estimate of drug-likeness (QED) is 0.550. The lowest BCUT2D eigenvalue weighted by atomic mass is 9.88. The van der Waals surface area contributed by atoms with Gasteiger partial charge >= 0.3 is 6.18 Å². The van der Waals surface area contributed by atoms with E-state index < -0.39 is 28.1 Å². The molecule has 0 spiro atoms. The van der Waals surface area contributed by atoms with E-state index in [-0.39, 0.29) is 18.2 Å². The van der Waals surface area contributed by atoms with Crippen LogP contribution in [0.15, 0.2) is 66.9 Å². The molecule has 0 fully saturated rings. The fraction of sp³-hybridized carbons (Fsp3) is 0.261. The molecule has 3 aromatic rings. The number of nitrogens with one attached hydrogen (secondary N) is 1. The number of halogens is 3. The van der Waals surface area contributed by atoms with Gasteiger partial charge in [0, 0.05) is 28.9 Å². The molecule has 1 aromatic heterocycles. The Morgan fingerprint density at radius 3 is 2.58 bits per heavy atom. The number of ether oxygens (including phenoxy) is 1. The van der Waals surface area contributed by atoms with Gasteiger partial charge in [-0.25, -0.2) is 8.42 Å². The SMILES string of the molecule is O=S(=O)(CC(F)(F)F)Nc1ccccc1-c1ccc2c(c1)OC[C@@H](Cc1ccccn1)[C@@H]2O. The van der Waals surface area contributed by atoms with Crippen LogP contribution in [0.2, 0.25) is 0 Å². The Hall–Kier alpha value is -3.11. The molecule has 1 aliphatic rings. The first-order valence-electron chi connectivity index (χ1n) is 10.1. The molecule has 0 bridgehead atoms. The number of benzene rings is 2. The van der Waals surface area contributed by atoms with Crippen LogP contribution in [0.3, 0.4) is 0 Å². The van der Waals surface area contributed by atoms with E-state index in [9.17, 15) is 26.7 Å². The first-order valence-corrected chi connectivity index (χ1v) is 11.8. The zero-order valence-electron chi connectivity index (χ0n) is 17.3. The van der Waals surface area contributed by atoms with E-state index in [1.54, 1.807) is 36.5 Å². The highest BCUT2D eigenvalue weighted by molar-refractivity contribution is 7.92. The maximum Gasteiger partial charge on any atom is 0.404 e. The van der Waals surface area contributed by atoms with Gasteiger partial charge in [0.05, 0.1) is 18.4 Å². The smallest absolute Gasteiger partial charge is 0.404 e. The molecule has 2 aromatic carbocycles. The van der Waals surface area contributed by atoms with Crippen LogP contribution in [0, 0.1) is 5.92 Å². The second-order valence-electron chi connectivity index (χ2n) is 7.82. The lowest BCUT2D eigenvalue weighted by Crippen LogP contribution is -2.28. The third-order valence-corrected chi connectivity index (χ3v) is 6.52. The topological polar surface area (TPSA) is 88.5 Å². The summed E-state index contributed by atoms with van der Waals surface area (Å²) in [6, 6.07) is 16.7. The van der Waals surface area contributed by atoms with Crippen molar-refractivity contribution < 1.29 is 31.4 Å². The van der Waals surface area contributed by atoms with Crippen LogP contribution in [0.4, 0.5) is 18.9 Å². The first-order chi connectivity index (χ1) is 15.6. The predicted molar refractivity (Wildman–Crippen MR) is 117 cm³/mol. The summed E-state index contributed by atoms with van der Waals surface area (Å²) < 4.78 is 69.7. The number of fused-ring (bicyclic) bond motifs is 1. The van der Waals surface area contributed by atoms with E-state index in [4.69, 9.17) is 4.74 Å². The Morgan fingerprint density at radius 1 is 1.09 bits per heavy atom. The number of anilines is 1. The van der Waals surface area contributed by atoms with Crippen molar-refractivity contribution in [1.82, 2.24) is 4.98 Å². The molecule has 2 heterocycles. The summed E-state index contributed by atoms with van der Waals surface area (Å²) in [5, 5.41) is 10.9. The number of aliphatic hydroxyl groups excluding tert-OH is 1. The van der Waals surface area contributed by atoms with Crippen LogP contribution in [0.5, 0.6) is 5.75 Å². The van der Waals surface area contributed by atoms with Gasteiger partial charge in [-0.15, -0.1) is 0 Å². The summed E-state index contributed by atoms with van der Waals surface area (Å²) in [5.41, 5.74) is 2.37. The fourth-order valence-electron chi connectivity index (χ4n) is 3.81. The van der Waals surface area contributed by atoms with E-state index >= 15 is 0 Å². The molecule has 0 saturated carbocycles. The van der Waals surface area contributed by atoms with Gasteiger partial charge in [-0.1, -0.05) is 36.4 Å². The highest BCUT2D eigenvalue weighted by atomic mass is 32.2. The number of nitrogens with zero attached hydrogens (tertiary/aromatic N) is 1. The van der Waals surface area contributed by atoms with E-state index in [0.29, 0.717) is 28.9 Å². The zero-order chi connectivity index (χ0) is 23.6. The number of sulfonamides is 1. The molecule has 4 rings (SSSR count). The van der Waals surface area contributed by atoms with Gasteiger partial charge < -0.3 is 9.84 Å². The molecule has 2 atom stereocenters. The number of aliphatic hydroxyl groups is 1. The monoisotopic (exact) mass is 478 g/mol. The largest absolute Gasteiger partial charge is 0.493 e. The molecule has 6 nitrogen and oxygen atoms in total. The van der Waals surface area contributed by atoms with Gasteiger partial charge in [0.1, 0.15) is 5.75 Å². The second-order valence-corrected chi connectivity index (χ2v) is 9.54. The van der Waals surface area contributed by atoms with Crippen LogP contribution in [0.25, 0.3) is 11.1 Å². The molecular formula is C23H21F3N2O4S. The normalized spacial score (nSPS) is 18.3. The molecule has 10 heteroatoms. The van der Waals surface area contributed by atoms with E-state index in [2.05, 4.69) is 4.98 Å². The van der Waals surface area contributed by atoms with Crippen molar-refractivity contribution in [1.29, 1.82) is 0 Å². The van der Waals surface area contributed by atoms with Crippen molar-refractivity contribution in [3.8, 4) is 16.9 Å². The number of rotatable bonds is 6. The molecule has 0 unspecified atom stereocenters. The van der Waals surface area contributed by atoms with Crippen LogP contribution in [0.1, 0.15) is 17.4 Å². The minimum Gasteiger partial charge on any atom is -0.493 e. The van der Waals surface area contributed by atoms with Crippen molar-refractivity contribution >= 4 is 15.7 Å². The summed E-state index contributed by atoms with van der Waals surface area (Å²) in [6.45, 7) is 0.258. The van der Waals surface area contributed by atoms with Gasteiger partial charge in [-0.2, -0.15) is 13.2 Å². The summed E-state index contributed by atoms with van der Waals surface area (Å²) in [7, 11) is -4.64. The minimum atomic E-state index is -4.86. The number of alkyl halides is 3. The molecule has 174 valence electrons. The Bertz CT molecular complexity index is 1230. The minimum absolute atomic E-state index is 0.0195. The zero-order valence-corrected chi connectivity index (χ0v) is 18.1. The van der Waals surface area contributed by atoms with E-state index in [0.717, 1.165) is 5.69 Å². The van der Waals surface area contributed by atoms with Crippen LogP contribution < -0.4 is 9.46 Å². The average Bonchev–Trinajstić information content (AvgIpc) is 2.75. The Morgan fingerprint density at radius 2 is 1.85 bits per heavy atom. The number of hydrogen-bond acceptors (Lipinski definition) is 5. The highest BCUT2D eigenvalue weighted by Gasteiger charge is 2.35. The van der Waals surface area contributed by atoms with Crippen LogP contribution >= 0.6 is 0 Å². The Kier molecular flexibility index (Phi) is 6.31. The summed E-state index contributed by atoms with van der Waals surface area (Å²) in [4.78, 5) is 4.28. The molecule has 1 aliphatic heterocycles.